The van der Waals surface area contributed by atoms with Crippen LogP contribution in [0.4, 0.5) is 10.5 Å². The molecule has 0 bridgehead atoms. The summed E-state index contributed by atoms with van der Waals surface area (Å²) >= 11 is 0. The molecular formula is C25H29N5O3. The molecular weight excluding hydrogens is 418 g/mol. The summed E-state index contributed by atoms with van der Waals surface area (Å²) in [6.07, 6.45) is 5.35. The largest absolute Gasteiger partial charge is 0.444 e. The fourth-order valence-electron chi connectivity index (χ4n) is 3.84. The van der Waals surface area contributed by atoms with E-state index in [4.69, 9.17) is 9.72 Å². The number of anilines is 1. The van der Waals surface area contributed by atoms with Gasteiger partial charge in [0.15, 0.2) is 6.29 Å². The molecule has 4 rings (SSSR count). The number of aromatic nitrogens is 3. The molecule has 1 fully saturated rings. The number of nitrogens with one attached hydrogen (secondary N) is 1. The summed E-state index contributed by atoms with van der Waals surface area (Å²) in [7, 11) is 0. The molecule has 172 valence electrons. The fraction of sp³-hybridized carbons (Fsp3) is 0.400. The first-order chi connectivity index (χ1) is 15.7. The Morgan fingerprint density at radius 1 is 1.12 bits per heavy atom. The number of pyridine rings is 3. The van der Waals surface area contributed by atoms with Crippen molar-refractivity contribution < 1.29 is 14.3 Å². The molecule has 1 amide bonds. The standard InChI is InChI=1S/C25H29N5O3/c1-16-5-6-17(13-26-16)20-7-8-21-23(29-20)22(18(15-31)14-27-21)28-19-9-11-30(12-10-19)24(32)33-25(2,3)4/h5-8,13-15,19H,9-12H2,1-4H3,(H,27,28). The van der Waals surface area contributed by atoms with E-state index < -0.39 is 5.60 Å². The molecule has 4 heterocycles. The number of ether oxygens (including phenoxy) is 1. The zero-order valence-electron chi connectivity index (χ0n) is 19.5. The highest BCUT2D eigenvalue weighted by Crippen LogP contribution is 2.29. The summed E-state index contributed by atoms with van der Waals surface area (Å²) in [5, 5.41) is 3.51. The first-order valence-corrected chi connectivity index (χ1v) is 11.2. The summed E-state index contributed by atoms with van der Waals surface area (Å²) in [6.45, 7) is 8.70. The number of hydrogen-bond acceptors (Lipinski definition) is 7. The first-order valence-electron chi connectivity index (χ1n) is 11.2. The SMILES string of the molecule is Cc1ccc(-c2ccc3ncc(C=O)c(NC4CCN(C(=O)OC(C)(C)C)CC4)c3n2)cn1. The van der Waals surface area contributed by atoms with Crippen LogP contribution in [-0.2, 0) is 4.74 Å². The number of rotatable bonds is 4. The van der Waals surface area contributed by atoms with Gasteiger partial charge in [-0.15, -0.1) is 0 Å². The van der Waals surface area contributed by atoms with Crippen LogP contribution in [0.2, 0.25) is 0 Å². The van der Waals surface area contributed by atoms with Gasteiger partial charge in [0.2, 0.25) is 0 Å². The third kappa shape index (κ3) is 5.27. The van der Waals surface area contributed by atoms with Gasteiger partial charge in [0.05, 0.1) is 22.5 Å². The van der Waals surface area contributed by atoms with Crippen LogP contribution in [-0.4, -0.2) is 57.0 Å². The lowest BCUT2D eigenvalue weighted by molar-refractivity contribution is 0.0210. The maximum Gasteiger partial charge on any atom is 0.410 e. The molecule has 0 spiro atoms. The third-order valence-corrected chi connectivity index (χ3v) is 5.57. The molecule has 3 aromatic heterocycles. The zero-order valence-corrected chi connectivity index (χ0v) is 19.5. The van der Waals surface area contributed by atoms with E-state index in [0.717, 1.165) is 36.1 Å². The van der Waals surface area contributed by atoms with E-state index in [2.05, 4.69) is 15.3 Å². The minimum Gasteiger partial charge on any atom is -0.444 e. The van der Waals surface area contributed by atoms with Gasteiger partial charge in [-0.1, -0.05) is 0 Å². The van der Waals surface area contributed by atoms with Crippen LogP contribution in [0.1, 0.15) is 49.7 Å². The Kier molecular flexibility index (Phi) is 6.26. The fourth-order valence-corrected chi connectivity index (χ4v) is 3.84. The molecule has 0 aromatic carbocycles. The summed E-state index contributed by atoms with van der Waals surface area (Å²) in [4.78, 5) is 39.5. The van der Waals surface area contributed by atoms with Gasteiger partial charge in [0.25, 0.3) is 0 Å². The van der Waals surface area contributed by atoms with E-state index >= 15 is 0 Å². The predicted molar refractivity (Wildman–Crippen MR) is 127 cm³/mol. The molecule has 1 aliphatic rings. The molecule has 0 aliphatic carbocycles. The van der Waals surface area contributed by atoms with Crippen molar-refractivity contribution in [3.63, 3.8) is 0 Å². The Bertz CT molecular complexity index is 1160. The van der Waals surface area contributed by atoms with E-state index in [9.17, 15) is 9.59 Å². The van der Waals surface area contributed by atoms with Gasteiger partial charge in [-0.3, -0.25) is 14.8 Å². The Labute approximate surface area is 193 Å². The van der Waals surface area contributed by atoms with Crippen molar-refractivity contribution in [2.75, 3.05) is 18.4 Å². The molecule has 1 N–H and O–H groups in total. The van der Waals surface area contributed by atoms with Gasteiger partial charge in [-0.2, -0.15) is 0 Å². The second-order valence-corrected chi connectivity index (χ2v) is 9.34. The average molecular weight is 448 g/mol. The second kappa shape index (κ2) is 9.13. The lowest BCUT2D eigenvalue weighted by Crippen LogP contribution is -2.44. The van der Waals surface area contributed by atoms with Crippen molar-refractivity contribution in [1.82, 2.24) is 19.9 Å². The van der Waals surface area contributed by atoms with Gasteiger partial charge in [-0.05, 0) is 64.8 Å². The summed E-state index contributed by atoms with van der Waals surface area (Å²) in [6, 6.07) is 7.83. The number of amides is 1. The molecule has 8 nitrogen and oxygen atoms in total. The molecule has 0 unspecified atom stereocenters. The van der Waals surface area contributed by atoms with Crippen LogP contribution in [0.5, 0.6) is 0 Å². The van der Waals surface area contributed by atoms with Gasteiger partial charge < -0.3 is 15.0 Å². The molecule has 1 aliphatic heterocycles. The van der Waals surface area contributed by atoms with Gasteiger partial charge in [0, 0.05) is 42.8 Å². The summed E-state index contributed by atoms with van der Waals surface area (Å²) < 4.78 is 5.48. The Morgan fingerprint density at radius 2 is 1.88 bits per heavy atom. The highest BCUT2D eigenvalue weighted by Gasteiger charge is 2.27. The van der Waals surface area contributed by atoms with Crippen LogP contribution in [0.15, 0.2) is 36.7 Å². The first kappa shape index (κ1) is 22.6. The van der Waals surface area contributed by atoms with E-state index in [1.54, 1.807) is 17.3 Å². The highest BCUT2D eigenvalue weighted by molar-refractivity contribution is 5.98. The van der Waals surface area contributed by atoms with E-state index in [-0.39, 0.29) is 12.1 Å². The molecule has 0 atom stereocenters. The van der Waals surface area contributed by atoms with Crippen molar-refractivity contribution in [3.8, 4) is 11.3 Å². The number of aldehydes is 1. The molecule has 33 heavy (non-hydrogen) atoms. The minimum atomic E-state index is -0.517. The van der Waals surface area contributed by atoms with Crippen molar-refractivity contribution in [1.29, 1.82) is 0 Å². The van der Waals surface area contributed by atoms with E-state index in [1.807, 2.05) is 52.0 Å². The van der Waals surface area contributed by atoms with Crippen LogP contribution in [0, 0.1) is 6.92 Å². The topological polar surface area (TPSA) is 97.3 Å². The number of hydrogen-bond donors (Lipinski definition) is 1. The maximum atomic E-state index is 12.4. The lowest BCUT2D eigenvalue weighted by atomic mass is 10.0. The van der Waals surface area contributed by atoms with Gasteiger partial charge in [0.1, 0.15) is 11.1 Å². The molecule has 0 saturated carbocycles. The number of fused-ring (bicyclic) bond motifs is 1. The van der Waals surface area contributed by atoms with Gasteiger partial charge in [-0.25, -0.2) is 9.78 Å². The summed E-state index contributed by atoms with van der Waals surface area (Å²) in [5.74, 6) is 0. The molecule has 3 aromatic rings. The second-order valence-electron chi connectivity index (χ2n) is 9.34. The number of likely N-dealkylation sites (tertiary alicyclic amines) is 1. The number of aryl methyl sites for hydroxylation is 1. The highest BCUT2D eigenvalue weighted by atomic mass is 16.6. The average Bonchev–Trinajstić information content (AvgIpc) is 2.79. The molecule has 8 heteroatoms. The molecule has 1 saturated heterocycles. The van der Waals surface area contributed by atoms with Crippen molar-refractivity contribution in [2.45, 2.75) is 52.2 Å². The summed E-state index contributed by atoms with van der Waals surface area (Å²) in [5.41, 5.74) is 4.57. The quantitative estimate of drug-likeness (QED) is 0.583. The number of piperidine rings is 1. The van der Waals surface area contributed by atoms with Gasteiger partial charge >= 0.3 is 6.09 Å². The van der Waals surface area contributed by atoms with Crippen LogP contribution < -0.4 is 5.32 Å². The Morgan fingerprint density at radius 3 is 2.52 bits per heavy atom. The van der Waals surface area contributed by atoms with Crippen LogP contribution in [0.25, 0.3) is 22.3 Å². The monoisotopic (exact) mass is 447 g/mol. The van der Waals surface area contributed by atoms with Crippen molar-refractivity contribution >= 4 is 29.1 Å². The van der Waals surface area contributed by atoms with Crippen molar-refractivity contribution in [3.05, 3.63) is 47.9 Å². The van der Waals surface area contributed by atoms with Crippen molar-refractivity contribution in [2.24, 2.45) is 0 Å². The minimum absolute atomic E-state index is 0.0967. The predicted octanol–water partition coefficient (Wildman–Crippen LogP) is 4.62. The normalized spacial score (nSPS) is 14.8. The van der Waals surface area contributed by atoms with Crippen LogP contribution in [0.3, 0.4) is 0 Å². The Balaban J connectivity index is 1.57. The molecule has 0 radical (unpaired) electrons. The number of carbonyl (C=O) groups excluding carboxylic acids is 2. The van der Waals surface area contributed by atoms with E-state index in [1.165, 1.54) is 0 Å². The van der Waals surface area contributed by atoms with Crippen LogP contribution >= 0.6 is 0 Å². The number of carbonyl (C=O) groups is 2. The number of nitrogens with zero attached hydrogens (tertiary/aromatic N) is 4. The Hall–Kier alpha value is -3.55. The third-order valence-electron chi connectivity index (χ3n) is 5.57. The van der Waals surface area contributed by atoms with E-state index in [0.29, 0.717) is 35.4 Å². The maximum absolute atomic E-state index is 12.4. The zero-order chi connectivity index (χ0) is 23.6. The smallest absolute Gasteiger partial charge is 0.410 e. The lowest BCUT2D eigenvalue weighted by Gasteiger charge is -2.34.